The van der Waals surface area contributed by atoms with E-state index in [0.29, 0.717) is 18.1 Å². The van der Waals surface area contributed by atoms with E-state index < -0.39 is 10.9 Å². The van der Waals surface area contributed by atoms with Gasteiger partial charge in [-0.15, -0.1) is 0 Å². The Bertz CT molecular complexity index is 972. The number of anilines is 1. The highest BCUT2D eigenvalue weighted by molar-refractivity contribution is 7.74. The summed E-state index contributed by atoms with van der Waals surface area (Å²) in [5.41, 5.74) is 0.999. The van der Waals surface area contributed by atoms with Crippen LogP contribution in [0.4, 0.5) is 5.95 Å². The molecule has 3 rings (SSSR count). The molecule has 0 aliphatic rings. The molecule has 1 amide bonds. The predicted molar refractivity (Wildman–Crippen MR) is 99.8 cm³/mol. The molecule has 10 heteroatoms. The molecule has 0 bridgehead atoms. The van der Waals surface area contributed by atoms with Crippen molar-refractivity contribution < 1.29 is 17.7 Å². The lowest BCUT2D eigenvalue weighted by Gasteiger charge is -2.16. The number of carbonyl (C=O) groups excluding carboxylic acids is 1. The lowest BCUT2D eigenvalue weighted by Crippen LogP contribution is -2.30. The quantitative estimate of drug-likeness (QED) is 0.443. The van der Waals surface area contributed by atoms with Gasteiger partial charge in [-0.25, -0.2) is 17.7 Å². The van der Waals surface area contributed by atoms with Crippen LogP contribution >= 0.6 is 0 Å². The Morgan fingerprint density at radius 1 is 1.30 bits per heavy atom. The van der Waals surface area contributed by atoms with Crippen molar-refractivity contribution in [2.24, 2.45) is 7.05 Å². The van der Waals surface area contributed by atoms with Crippen LogP contribution in [0.3, 0.4) is 0 Å². The van der Waals surface area contributed by atoms with E-state index in [0.717, 1.165) is 5.56 Å². The van der Waals surface area contributed by atoms with Gasteiger partial charge in [0, 0.05) is 44.2 Å². The Labute approximate surface area is 157 Å². The number of rotatable bonds is 8. The molecule has 3 aromatic rings. The number of hydrogen-bond acceptors (Lipinski definition) is 6. The van der Waals surface area contributed by atoms with Crippen LogP contribution in [0.15, 0.2) is 53.3 Å². The molecule has 0 spiro atoms. The van der Waals surface area contributed by atoms with Crippen molar-refractivity contribution in [3.63, 3.8) is 0 Å². The number of aromatic nitrogens is 3. The van der Waals surface area contributed by atoms with Crippen molar-refractivity contribution in [1.29, 1.82) is 0 Å². The molecule has 0 atom stereocenters. The molecule has 0 saturated heterocycles. The zero-order chi connectivity index (χ0) is 19.2. The Hall–Kier alpha value is -3.14. The van der Waals surface area contributed by atoms with Crippen molar-refractivity contribution in [2.45, 2.75) is 6.42 Å². The monoisotopic (exact) mass is 389 g/mol. The molecule has 2 aromatic heterocycles. The van der Waals surface area contributed by atoms with Gasteiger partial charge in [0.25, 0.3) is 5.91 Å². The van der Waals surface area contributed by atoms with Crippen LogP contribution in [-0.2, 0) is 17.9 Å². The smallest absolute Gasteiger partial charge is 0.273 e. The summed E-state index contributed by atoms with van der Waals surface area (Å²) < 4.78 is 30.9. The maximum absolute atomic E-state index is 12.2. The number of benzene rings is 1. The van der Waals surface area contributed by atoms with Crippen LogP contribution in [0.25, 0.3) is 11.3 Å². The molecular weight excluding hydrogens is 370 g/mol. The standard InChI is InChI=1S/C17H19N5O4S/c1-21-11-9-19-17(21)22(27(24)25)10-5-8-18-16(23)14-12-15(26-20-14)13-6-3-2-4-7-13/h2-4,6-7,9,11-12,27H,5,8,10H2,1H3,(H,18,23). The van der Waals surface area contributed by atoms with Crippen LogP contribution in [0.5, 0.6) is 0 Å². The van der Waals surface area contributed by atoms with Gasteiger partial charge in [0.2, 0.25) is 16.8 Å². The molecule has 9 nitrogen and oxygen atoms in total. The second-order valence-corrected chi connectivity index (χ2v) is 6.71. The summed E-state index contributed by atoms with van der Waals surface area (Å²) in [4.78, 5) is 16.2. The number of aryl methyl sites for hydroxylation is 1. The van der Waals surface area contributed by atoms with E-state index in [4.69, 9.17) is 4.52 Å². The van der Waals surface area contributed by atoms with Gasteiger partial charge < -0.3 is 14.4 Å². The first-order chi connectivity index (χ1) is 13.1. The second kappa shape index (κ2) is 8.49. The van der Waals surface area contributed by atoms with E-state index in [2.05, 4.69) is 15.5 Å². The van der Waals surface area contributed by atoms with E-state index in [9.17, 15) is 13.2 Å². The lowest BCUT2D eigenvalue weighted by atomic mass is 10.1. The summed E-state index contributed by atoms with van der Waals surface area (Å²) in [5.74, 6) is 0.461. The van der Waals surface area contributed by atoms with Crippen molar-refractivity contribution in [3.8, 4) is 11.3 Å². The summed E-state index contributed by atoms with van der Waals surface area (Å²) in [6, 6.07) is 10.9. The molecule has 27 heavy (non-hydrogen) atoms. The summed E-state index contributed by atoms with van der Waals surface area (Å²) in [6.45, 7) is 0.494. The first-order valence-electron chi connectivity index (χ1n) is 8.26. The predicted octanol–water partition coefficient (Wildman–Crippen LogP) is 1.23. The normalized spacial score (nSPS) is 10.9. The number of nitrogens with one attached hydrogen (secondary N) is 1. The van der Waals surface area contributed by atoms with Crippen LogP contribution in [-0.4, -0.2) is 42.1 Å². The number of amides is 1. The van der Waals surface area contributed by atoms with Crippen LogP contribution in [0.1, 0.15) is 16.9 Å². The lowest BCUT2D eigenvalue weighted by molar-refractivity contribution is 0.0944. The minimum absolute atomic E-state index is 0.171. The van der Waals surface area contributed by atoms with Crippen LogP contribution in [0.2, 0.25) is 0 Å². The van der Waals surface area contributed by atoms with Gasteiger partial charge in [-0.05, 0) is 6.42 Å². The van der Waals surface area contributed by atoms with E-state index in [-0.39, 0.29) is 24.7 Å². The summed E-state index contributed by atoms with van der Waals surface area (Å²) >= 11 is 0. The number of nitrogens with zero attached hydrogens (tertiary/aromatic N) is 4. The highest BCUT2D eigenvalue weighted by Crippen LogP contribution is 2.19. The van der Waals surface area contributed by atoms with Gasteiger partial charge in [0.15, 0.2) is 11.5 Å². The van der Waals surface area contributed by atoms with Gasteiger partial charge in [0.05, 0.1) is 0 Å². The topological polar surface area (TPSA) is 110 Å². The van der Waals surface area contributed by atoms with E-state index in [1.165, 1.54) is 10.5 Å². The first kappa shape index (κ1) is 18.6. The molecule has 0 unspecified atom stereocenters. The molecule has 1 aromatic carbocycles. The van der Waals surface area contributed by atoms with E-state index >= 15 is 0 Å². The number of hydrogen-bond donors (Lipinski definition) is 2. The maximum atomic E-state index is 12.2. The average molecular weight is 389 g/mol. The van der Waals surface area contributed by atoms with E-state index in [1.807, 2.05) is 30.3 Å². The minimum Gasteiger partial charge on any atom is -0.355 e. The Morgan fingerprint density at radius 2 is 2.07 bits per heavy atom. The molecule has 0 fully saturated rings. The van der Waals surface area contributed by atoms with Gasteiger partial charge in [-0.2, -0.15) is 0 Å². The highest BCUT2D eigenvalue weighted by Gasteiger charge is 2.15. The Balaban J connectivity index is 1.52. The number of thiol groups is 1. The van der Waals surface area contributed by atoms with Crippen LogP contribution < -0.4 is 9.62 Å². The number of imidazole rings is 1. The zero-order valence-electron chi connectivity index (χ0n) is 14.6. The molecular formula is C17H19N5O4S. The average Bonchev–Trinajstić information content (AvgIpc) is 3.31. The van der Waals surface area contributed by atoms with Gasteiger partial charge in [-0.3, -0.25) is 4.79 Å². The molecule has 0 aliphatic carbocycles. The maximum Gasteiger partial charge on any atom is 0.273 e. The molecule has 0 aliphatic heterocycles. The largest absolute Gasteiger partial charge is 0.355 e. The third-order valence-corrected chi connectivity index (χ3v) is 4.63. The second-order valence-electron chi connectivity index (χ2n) is 5.75. The van der Waals surface area contributed by atoms with E-state index in [1.54, 1.807) is 23.9 Å². The summed E-state index contributed by atoms with van der Waals surface area (Å²) in [5, 5.41) is 6.48. The Morgan fingerprint density at radius 3 is 2.74 bits per heavy atom. The number of carbonyl (C=O) groups is 1. The summed E-state index contributed by atoms with van der Waals surface area (Å²) in [7, 11) is -1.11. The molecule has 0 radical (unpaired) electrons. The minimum atomic E-state index is -2.82. The third kappa shape index (κ3) is 4.53. The first-order valence-corrected chi connectivity index (χ1v) is 9.39. The van der Waals surface area contributed by atoms with Gasteiger partial charge >= 0.3 is 0 Å². The highest BCUT2D eigenvalue weighted by atomic mass is 32.2. The van der Waals surface area contributed by atoms with Crippen LogP contribution in [0, 0.1) is 0 Å². The zero-order valence-corrected chi connectivity index (χ0v) is 15.5. The molecule has 0 saturated carbocycles. The van der Waals surface area contributed by atoms with Gasteiger partial charge in [0.1, 0.15) is 0 Å². The van der Waals surface area contributed by atoms with Crippen molar-refractivity contribution >= 4 is 22.7 Å². The van der Waals surface area contributed by atoms with Crippen molar-refractivity contribution in [2.75, 3.05) is 17.4 Å². The molecule has 1 N–H and O–H groups in total. The molecule has 142 valence electrons. The fourth-order valence-electron chi connectivity index (χ4n) is 2.50. The SMILES string of the molecule is Cn1ccnc1N(CCCNC(=O)c1cc(-c2ccccc2)on1)[SH](=O)=O. The third-order valence-electron chi connectivity index (χ3n) is 3.86. The molecule has 2 heterocycles. The fourth-order valence-corrected chi connectivity index (χ4v) is 3.15. The van der Waals surface area contributed by atoms with Crippen molar-refractivity contribution in [1.82, 2.24) is 20.0 Å². The summed E-state index contributed by atoms with van der Waals surface area (Å²) in [6.07, 6.45) is 3.61. The van der Waals surface area contributed by atoms with Gasteiger partial charge in [-0.1, -0.05) is 35.5 Å². The fraction of sp³-hybridized carbons (Fsp3) is 0.235. The Kier molecular flexibility index (Phi) is 5.87. The van der Waals surface area contributed by atoms with Crippen molar-refractivity contribution in [3.05, 3.63) is 54.5 Å².